The van der Waals surface area contributed by atoms with Gasteiger partial charge in [0.05, 0.1) is 13.0 Å². The van der Waals surface area contributed by atoms with Gasteiger partial charge in [0.25, 0.3) is 0 Å². The maximum atomic E-state index is 11.3. The molecule has 0 heterocycles. The summed E-state index contributed by atoms with van der Waals surface area (Å²) < 4.78 is 4.77. The van der Waals surface area contributed by atoms with E-state index in [9.17, 15) is 4.79 Å². The first-order valence-electron chi connectivity index (χ1n) is 9.44. The number of rotatable bonds is 13. The van der Waals surface area contributed by atoms with Crippen LogP contribution in [0.3, 0.4) is 0 Å². The van der Waals surface area contributed by atoms with E-state index in [4.69, 9.17) is 4.74 Å². The van der Waals surface area contributed by atoms with Gasteiger partial charge in [-0.3, -0.25) is 4.79 Å². The zero-order chi connectivity index (χ0) is 17.0. The molecule has 3 atom stereocenters. The second kappa shape index (κ2) is 13.0. The van der Waals surface area contributed by atoms with Gasteiger partial charge < -0.3 is 4.74 Å². The maximum Gasteiger partial charge on any atom is 0.308 e. The van der Waals surface area contributed by atoms with Gasteiger partial charge in [-0.2, -0.15) is 0 Å². The Hall–Kier alpha value is -0.530. The fourth-order valence-electron chi connectivity index (χ4n) is 3.07. The summed E-state index contributed by atoms with van der Waals surface area (Å²) in [5.74, 6) is 2.50. The van der Waals surface area contributed by atoms with Gasteiger partial charge in [0.15, 0.2) is 0 Å². The van der Waals surface area contributed by atoms with Crippen LogP contribution in [0.15, 0.2) is 0 Å². The average molecular weight is 313 g/mol. The van der Waals surface area contributed by atoms with Crippen molar-refractivity contribution >= 4 is 5.97 Å². The standard InChI is InChI=1S/C20H40O2/c1-16(2)10-7-11-17(3)12-8-13-18(4)14-9-15-19(5)20(21)22-6/h16-19H,7-15H2,1-6H3/t17-,18-,19-/m1/s1. The lowest BCUT2D eigenvalue weighted by Gasteiger charge is -2.15. The van der Waals surface area contributed by atoms with Crippen LogP contribution in [0.2, 0.25) is 0 Å². The third kappa shape index (κ3) is 12.1. The molecular formula is C20H40O2. The summed E-state index contributed by atoms with van der Waals surface area (Å²) in [6.07, 6.45) is 11.6. The number of carbonyl (C=O) groups is 1. The molecule has 0 aliphatic carbocycles. The van der Waals surface area contributed by atoms with Crippen LogP contribution in [0, 0.1) is 23.7 Å². The Morgan fingerprint density at radius 2 is 1.14 bits per heavy atom. The van der Waals surface area contributed by atoms with Gasteiger partial charge in [-0.25, -0.2) is 0 Å². The smallest absolute Gasteiger partial charge is 0.308 e. The van der Waals surface area contributed by atoms with E-state index in [-0.39, 0.29) is 11.9 Å². The lowest BCUT2D eigenvalue weighted by atomic mass is 9.91. The Kier molecular flexibility index (Phi) is 12.6. The largest absolute Gasteiger partial charge is 0.469 e. The first kappa shape index (κ1) is 21.5. The van der Waals surface area contributed by atoms with Crippen molar-refractivity contribution in [1.82, 2.24) is 0 Å². The highest BCUT2D eigenvalue weighted by molar-refractivity contribution is 5.71. The van der Waals surface area contributed by atoms with Crippen molar-refractivity contribution in [2.75, 3.05) is 7.11 Å². The van der Waals surface area contributed by atoms with Crippen molar-refractivity contribution in [3.8, 4) is 0 Å². The topological polar surface area (TPSA) is 26.3 Å². The van der Waals surface area contributed by atoms with E-state index < -0.39 is 0 Å². The van der Waals surface area contributed by atoms with Crippen LogP contribution in [0.1, 0.15) is 92.4 Å². The van der Waals surface area contributed by atoms with Crippen LogP contribution in [0.5, 0.6) is 0 Å². The molecule has 0 aromatic heterocycles. The zero-order valence-electron chi connectivity index (χ0n) is 16.0. The summed E-state index contributed by atoms with van der Waals surface area (Å²) in [6, 6.07) is 0. The average Bonchev–Trinajstić information content (AvgIpc) is 2.45. The molecule has 0 bridgehead atoms. The van der Waals surface area contributed by atoms with Crippen LogP contribution in [0.4, 0.5) is 0 Å². The summed E-state index contributed by atoms with van der Waals surface area (Å²) in [5, 5.41) is 0. The van der Waals surface area contributed by atoms with Gasteiger partial charge in [0.1, 0.15) is 0 Å². The van der Waals surface area contributed by atoms with E-state index in [2.05, 4.69) is 27.7 Å². The molecule has 0 saturated heterocycles. The van der Waals surface area contributed by atoms with Gasteiger partial charge in [-0.1, -0.05) is 86.0 Å². The summed E-state index contributed by atoms with van der Waals surface area (Å²) >= 11 is 0. The second-order valence-electron chi connectivity index (χ2n) is 7.82. The normalized spacial score (nSPS) is 15.6. The van der Waals surface area contributed by atoms with Crippen molar-refractivity contribution < 1.29 is 9.53 Å². The van der Waals surface area contributed by atoms with Gasteiger partial charge in [0.2, 0.25) is 0 Å². The number of hydrogen-bond acceptors (Lipinski definition) is 2. The highest BCUT2D eigenvalue weighted by Crippen LogP contribution is 2.22. The summed E-state index contributed by atoms with van der Waals surface area (Å²) in [6.45, 7) is 11.4. The predicted octanol–water partition coefficient (Wildman–Crippen LogP) is 6.23. The van der Waals surface area contributed by atoms with Crippen molar-refractivity contribution in [2.45, 2.75) is 92.4 Å². The van der Waals surface area contributed by atoms with Gasteiger partial charge >= 0.3 is 5.97 Å². The lowest BCUT2D eigenvalue weighted by Crippen LogP contribution is -2.12. The SMILES string of the molecule is COC(=O)[C@H](C)CCC[C@H](C)CCC[C@H](C)CCCC(C)C. The third-order valence-electron chi connectivity index (χ3n) is 4.81. The molecule has 0 amide bonds. The predicted molar refractivity (Wildman–Crippen MR) is 95.9 cm³/mol. The van der Waals surface area contributed by atoms with Crippen molar-refractivity contribution in [2.24, 2.45) is 23.7 Å². The Balaban J connectivity index is 3.56. The minimum atomic E-state index is -0.0668. The Labute approximate surface area is 139 Å². The molecule has 0 aromatic rings. The maximum absolute atomic E-state index is 11.3. The Morgan fingerprint density at radius 3 is 1.55 bits per heavy atom. The third-order valence-corrected chi connectivity index (χ3v) is 4.81. The molecule has 2 nitrogen and oxygen atoms in total. The second-order valence-corrected chi connectivity index (χ2v) is 7.82. The molecule has 22 heavy (non-hydrogen) atoms. The fourth-order valence-corrected chi connectivity index (χ4v) is 3.07. The van der Waals surface area contributed by atoms with Crippen molar-refractivity contribution in [3.05, 3.63) is 0 Å². The number of ether oxygens (including phenoxy) is 1. The van der Waals surface area contributed by atoms with E-state index in [0.717, 1.165) is 30.6 Å². The molecule has 0 fully saturated rings. The Morgan fingerprint density at radius 1 is 0.727 bits per heavy atom. The lowest BCUT2D eigenvalue weighted by molar-refractivity contribution is -0.145. The van der Waals surface area contributed by atoms with E-state index in [0.29, 0.717) is 0 Å². The minimum Gasteiger partial charge on any atom is -0.469 e. The van der Waals surface area contributed by atoms with E-state index >= 15 is 0 Å². The van der Waals surface area contributed by atoms with Gasteiger partial charge in [-0.05, 0) is 24.2 Å². The quantitative estimate of drug-likeness (QED) is 0.376. The van der Waals surface area contributed by atoms with Crippen LogP contribution in [0.25, 0.3) is 0 Å². The van der Waals surface area contributed by atoms with E-state index in [1.165, 1.54) is 52.1 Å². The molecule has 0 aliphatic rings. The van der Waals surface area contributed by atoms with E-state index in [1.807, 2.05) is 6.92 Å². The van der Waals surface area contributed by atoms with Crippen molar-refractivity contribution in [1.29, 1.82) is 0 Å². The molecule has 0 unspecified atom stereocenters. The molecule has 0 saturated carbocycles. The zero-order valence-corrected chi connectivity index (χ0v) is 16.0. The Bertz CT molecular complexity index is 273. The fraction of sp³-hybridized carbons (Fsp3) is 0.950. The highest BCUT2D eigenvalue weighted by Gasteiger charge is 2.13. The molecule has 0 aliphatic heterocycles. The molecule has 0 spiro atoms. The minimum absolute atomic E-state index is 0.0539. The molecule has 0 rings (SSSR count). The van der Waals surface area contributed by atoms with Crippen LogP contribution >= 0.6 is 0 Å². The van der Waals surface area contributed by atoms with Crippen LogP contribution in [-0.4, -0.2) is 13.1 Å². The monoisotopic (exact) mass is 312 g/mol. The summed E-state index contributed by atoms with van der Waals surface area (Å²) in [5.41, 5.74) is 0. The first-order valence-corrected chi connectivity index (χ1v) is 9.44. The molecule has 0 radical (unpaired) electrons. The first-order chi connectivity index (χ1) is 10.4. The van der Waals surface area contributed by atoms with E-state index in [1.54, 1.807) is 0 Å². The highest BCUT2D eigenvalue weighted by atomic mass is 16.5. The number of esters is 1. The summed E-state index contributed by atoms with van der Waals surface area (Å²) in [7, 11) is 1.48. The van der Waals surface area contributed by atoms with Crippen molar-refractivity contribution in [3.63, 3.8) is 0 Å². The number of methoxy groups -OCH3 is 1. The van der Waals surface area contributed by atoms with Gasteiger partial charge in [-0.15, -0.1) is 0 Å². The van der Waals surface area contributed by atoms with Crippen LogP contribution in [-0.2, 0) is 9.53 Å². The number of carbonyl (C=O) groups excluding carboxylic acids is 1. The van der Waals surface area contributed by atoms with Crippen LogP contribution < -0.4 is 0 Å². The molecule has 0 aromatic carbocycles. The van der Waals surface area contributed by atoms with Gasteiger partial charge in [0, 0.05) is 0 Å². The molecule has 132 valence electrons. The molecule has 0 N–H and O–H groups in total. The molecule has 2 heteroatoms. The molecular weight excluding hydrogens is 272 g/mol. The summed E-state index contributed by atoms with van der Waals surface area (Å²) in [4.78, 5) is 11.3. The number of hydrogen-bond donors (Lipinski definition) is 0.